The summed E-state index contributed by atoms with van der Waals surface area (Å²) >= 11 is 2.03. The van der Waals surface area contributed by atoms with Gasteiger partial charge in [0, 0.05) is 23.4 Å². The molecule has 2 heteroatoms. The SMILES string of the molecule is c1ccc2c(c1)CCc1scc3c1[C@@H]2CN1CCCC[C@H]31. The van der Waals surface area contributed by atoms with Gasteiger partial charge in [-0.2, -0.15) is 0 Å². The third-order valence-corrected chi connectivity index (χ3v) is 6.81. The average Bonchev–Trinajstić information content (AvgIpc) is 2.90. The zero-order chi connectivity index (χ0) is 13.8. The number of fused-ring (bicyclic) bond motifs is 4. The zero-order valence-corrected chi connectivity index (χ0v) is 13.2. The molecule has 2 aliphatic heterocycles. The highest BCUT2D eigenvalue weighted by Gasteiger charge is 2.38. The predicted molar refractivity (Wildman–Crippen MR) is 88.2 cm³/mol. The van der Waals surface area contributed by atoms with Gasteiger partial charge in [-0.15, -0.1) is 11.3 Å². The first-order chi connectivity index (χ1) is 10.4. The number of benzene rings is 1. The van der Waals surface area contributed by atoms with Crippen LogP contribution in [-0.2, 0) is 12.8 Å². The third-order valence-electron chi connectivity index (χ3n) is 5.73. The van der Waals surface area contributed by atoms with E-state index < -0.39 is 0 Å². The topological polar surface area (TPSA) is 3.24 Å². The Morgan fingerprint density at radius 3 is 3.00 bits per heavy atom. The molecule has 1 aromatic heterocycles. The summed E-state index contributed by atoms with van der Waals surface area (Å²) < 4.78 is 0. The summed E-state index contributed by atoms with van der Waals surface area (Å²) in [6.45, 7) is 2.55. The quantitative estimate of drug-likeness (QED) is 0.691. The molecule has 1 aromatic carbocycles. The monoisotopic (exact) mass is 295 g/mol. The first kappa shape index (κ1) is 12.4. The van der Waals surface area contributed by atoms with Crippen LogP contribution in [0.3, 0.4) is 0 Å². The maximum absolute atomic E-state index is 2.77. The van der Waals surface area contributed by atoms with E-state index in [-0.39, 0.29) is 0 Å². The van der Waals surface area contributed by atoms with Crippen molar-refractivity contribution in [1.29, 1.82) is 0 Å². The number of thiophene rings is 1. The molecule has 2 atom stereocenters. The van der Waals surface area contributed by atoms with Crippen LogP contribution in [0.2, 0.25) is 0 Å². The van der Waals surface area contributed by atoms with Crippen LogP contribution in [0.25, 0.3) is 0 Å². The van der Waals surface area contributed by atoms with E-state index >= 15 is 0 Å². The van der Waals surface area contributed by atoms with Crippen molar-refractivity contribution < 1.29 is 0 Å². The summed E-state index contributed by atoms with van der Waals surface area (Å²) in [6, 6.07) is 9.92. The first-order valence-corrected chi connectivity index (χ1v) is 9.22. The van der Waals surface area contributed by atoms with Gasteiger partial charge in [0.05, 0.1) is 0 Å². The molecule has 21 heavy (non-hydrogen) atoms. The minimum absolute atomic E-state index is 0.634. The van der Waals surface area contributed by atoms with Crippen molar-refractivity contribution in [2.45, 2.75) is 44.1 Å². The Morgan fingerprint density at radius 2 is 2.00 bits per heavy atom. The minimum atomic E-state index is 0.634. The lowest BCUT2D eigenvalue weighted by Gasteiger charge is -2.43. The largest absolute Gasteiger partial charge is 0.295 e. The summed E-state index contributed by atoms with van der Waals surface area (Å²) in [5, 5.41) is 2.49. The molecule has 2 aromatic rings. The van der Waals surface area contributed by atoms with Gasteiger partial charge in [0.1, 0.15) is 0 Å². The molecule has 3 heterocycles. The molecule has 0 unspecified atom stereocenters. The van der Waals surface area contributed by atoms with Crippen molar-refractivity contribution in [3.8, 4) is 0 Å². The number of nitrogens with zero attached hydrogens (tertiary/aromatic N) is 1. The third kappa shape index (κ3) is 1.79. The molecule has 0 amide bonds. The predicted octanol–water partition coefficient (Wildman–Crippen LogP) is 4.52. The van der Waals surface area contributed by atoms with Crippen LogP contribution in [0.15, 0.2) is 29.6 Å². The van der Waals surface area contributed by atoms with E-state index in [1.165, 1.54) is 45.2 Å². The molecule has 1 fully saturated rings. The fourth-order valence-electron chi connectivity index (χ4n) is 4.76. The van der Waals surface area contributed by atoms with Crippen molar-refractivity contribution in [2.75, 3.05) is 13.1 Å². The summed E-state index contributed by atoms with van der Waals surface area (Å²) in [6.07, 6.45) is 6.65. The molecule has 0 radical (unpaired) electrons. The molecule has 5 rings (SSSR count). The molecule has 1 saturated heterocycles. The summed E-state index contributed by atoms with van der Waals surface area (Å²) in [5.41, 5.74) is 6.61. The van der Waals surface area contributed by atoms with E-state index in [1.807, 2.05) is 11.3 Å². The Hall–Kier alpha value is -1.12. The van der Waals surface area contributed by atoms with Gasteiger partial charge < -0.3 is 0 Å². The van der Waals surface area contributed by atoms with E-state index in [9.17, 15) is 0 Å². The van der Waals surface area contributed by atoms with Gasteiger partial charge in [0.25, 0.3) is 0 Å². The van der Waals surface area contributed by atoms with E-state index in [0.717, 1.165) is 6.04 Å². The lowest BCUT2D eigenvalue weighted by atomic mass is 9.79. The second-order valence-corrected chi connectivity index (χ2v) is 7.75. The van der Waals surface area contributed by atoms with Gasteiger partial charge in [0.2, 0.25) is 0 Å². The van der Waals surface area contributed by atoms with E-state index in [1.54, 1.807) is 27.1 Å². The van der Waals surface area contributed by atoms with E-state index in [2.05, 4.69) is 34.5 Å². The molecule has 1 aliphatic carbocycles. The Balaban J connectivity index is 1.71. The molecular formula is C19H21NS. The fraction of sp³-hybridized carbons (Fsp3) is 0.474. The van der Waals surface area contributed by atoms with Gasteiger partial charge in [-0.3, -0.25) is 4.90 Å². The van der Waals surface area contributed by atoms with Crippen LogP contribution in [0.1, 0.15) is 58.4 Å². The van der Waals surface area contributed by atoms with Crippen LogP contribution in [-0.4, -0.2) is 18.0 Å². The molecule has 3 aliphatic rings. The van der Waals surface area contributed by atoms with Gasteiger partial charge in [-0.1, -0.05) is 30.7 Å². The number of aryl methyl sites for hydroxylation is 2. The summed E-state index contributed by atoms with van der Waals surface area (Å²) in [5.74, 6) is 0.634. The molecular weight excluding hydrogens is 274 g/mol. The normalized spacial score (nSPS) is 27.4. The highest BCUT2D eigenvalue weighted by molar-refractivity contribution is 7.10. The van der Waals surface area contributed by atoms with E-state index in [0.29, 0.717) is 5.92 Å². The number of rotatable bonds is 0. The van der Waals surface area contributed by atoms with Crippen molar-refractivity contribution >= 4 is 11.3 Å². The highest BCUT2D eigenvalue weighted by Crippen LogP contribution is 2.49. The van der Waals surface area contributed by atoms with Gasteiger partial charge in [-0.25, -0.2) is 0 Å². The van der Waals surface area contributed by atoms with Crippen molar-refractivity contribution in [1.82, 2.24) is 4.90 Å². The molecule has 0 N–H and O–H groups in total. The number of piperidine rings is 1. The minimum Gasteiger partial charge on any atom is -0.295 e. The average molecular weight is 295 g/mol. The number of hydrogen-bond donors (Lipinski definition) is 0. The van der Waals surface area contributed by atoms with Crippen molar-refractivity contribution in [3.63, 3.8) is 0 Å². The zero-order valence-electron chi connectivity index (χ0n) is 12.3. The molecule has 1 nitrogen and oxygen atoms in total. The molecule has 0 bridgehead atoms. The lowest BCUT2D eigenvalue weighted by Crippen LogP contribution is -2.40. The van der Waals surface area contributed by atoms with Crippen molar-refractivity contribution in [3.05, 3.63) is 56.8 Å². The second-order valence-electron chi connectivity index (χ2n) is 6.79. The molecule has 108 valence electrons. The molecule has 0 saturated carbocycles. The van der Waals surface area contributed by atoms with Crippen LogP contribution in [0, 0.1) is 0 Å². The summed E-state index contributed by atoms with van der Waals surface area (Å²) in [4.78, 5) is 4.45. The van der Waals surface area contributed by atoms with Crippen LogP contribution in [0.4, 0.5) is 0 Å². The first-order valence-electron chi connectivity index (χ1n) is 8.34. The lowest BCUT2D eigenvalue weighted by molar-refractivity contribution is 0.131. The molecule has 0 spiro atoms. The Morgan fingerprint density at radius 1 is 1.05 bits per heavy atom. The Kier molecular flexibility index (Phi) is 2.77. The van der Waals surface area contributed by atoms with Gasteiger partial charge >= 0.3 is 0 Å². The summed E-state index contributed by atoms with van der Waals surface area (Å²) in [7, 11) is 0. The second kappa shape index (κ2) is 4.69. The van der Waals surface area contributed by atoms with Gasteiger partial charge in [0.15, 0.2) is 0 Å². The highest BCUT2D eigenvalue weighted by atomic mass is 32.1. The maximum atomic E-state index is 2.77. The van der Waals surface area contributed by atoms with Gasteiger partial charge in [-0.05, 0) is 59.9 Å². The maximum Gasteiger partial charge on any atom is 0.0359 e. The smallest absolute Gasteiger partial charge is 0.0359 e. The van der Waals surface area contributed by atoms with Crippen LogP contribution >= 0.6 is 11.3 Å². The van der Waals surface area contributed by atoms with Crippen LogP contribution < -0.4 is 0 Å². The van der Waals surface area contributed by atoms with E-state index in [4.69, 9.17) is 0 Å². The number of hydrogen-bond acceptors (Lipinski definition) is 2. The Bertz CT molecular complexity index is 687. The van der Waals surface area contributed by atoms with Crippen molar-refractivity contribution in [2.24, 2.45) is 0 Å². The standard InChI is InChI=1S/C19H21NS/c1-2-6-14-13(5-1)8-9-18-19-15(14)11-20-10-4-3-7-17(20)16(19)12-21-18/h1-2,5-6,12,15,17H,3-4,7-11H2/t15-,17-/m1/s1. The van der Waals surface area contributed by atoms with Crippen LogP contribution in [0.5, 0.6) is 0 Å². The Labute approximate surface area is 130 Å². The fourth-order valence-corrected chi connectivity index (χ4v) is 5.92.